The van der Waals surface area contributed by atoms with E-state index in [2.05, 4.69) is 36.6 Å². The maximum absolute atomic E-state index is 12.1. The van der Waals surface area contributed by atoms with Gasteiger partial charge in [-0.3, -0.25) is 0 Å². The third kappa shape index (κ3) is 5.01. The third-order valence-electron chi connectivity index (χ3n) is 1.41. The second-order valence-electron chi connectivity index (χ2n) is 2.64. The minimum atomic E-state index is -4.44. The summed E-state index contributed by atoms with van der Waals surface area (Å²) in [5.74, 6) is -0.244. The van der Waals surface area contributed by atoms with E-state index in [-0.39, 0.29) is 31.4 Å². The van der Waals surface area contributed by atoms with Gasteiger partial charge < -0.3 is 4.74 Å². The van der Waals surface area contributed by atoms with Gasteiger partial charge in [0.2, 0.25) is 0 Å². The van der Waals surface area contributed by atoms with Crippen molar-refractivity contribution in [1.29, 1.82) is 0 Å². The zero-order chi connectivity index (χ0) is 13.2. The van der Waals surface area contributed by atoms with Crippen LogP contribution in [-0.2, 0) is 0 Å². The van der Waals surface area contributed by atoms with Crippen molar-refractivity contribution in [1.82, 2.24) is 0 Å². The van der Waals surface area contributed by atoms with Crippen LogP contribution in [0, 0.1) is 0 Å². The molecule has 1 nitrogen and oxygen atoms in total. The predicted octanol–water partition coefficient (Wildman–Crippen LogP) is 5.42. The Bertz CT molecular complexity index is 386. The highest BCUT2D eigenvalue weighted by Gasteiger charge is 2.30. The number of rotatable bonds is 3. The first kappa shape index (κ1) is 15.0. The van der Waals surface area contributed by atoms with E-state index in [4.69, 9.17) is 0 Å². The van der Waals surface area contributed by atoms with Crippen molar-refractivity contribution in [3.05, 3.63) is 21.1 Å². The summed E-state index contributed by atoms with van der Waals surface area (Å²) in [5, 5.41) is 0. The monoisotopic (exact) mass is 400 g/mol. The molecule has 96 valence electrons. The van der Waals surface area contributed by atoms with Crippen molar-refractivity contribution in [3.63, 3.8) is 0 Å². The number of alkyl halides is 5. The molecule has 0 bridgehead atoms. The highest BCUT2D eigenvalue weighted by Crippen LogP contribution is 2.43. The van der Waals surface area contributed by atoms with Gasteiger partial charge in [0.05, 0.1) is 8.95 Å². The molecule has 0 aliphatic carbocycles. The number of hydrogen-bond donors (Lipinski definition) is 0. The number of thioether (sulfide) groups is 1. The molecule has 0 spiro atoms. The van der Waals surface area contributed by atoms with Gasteiger partial charge in [-0.05, 0) is 55.8 Å². The Hall–Kier alpha value is -0.0200. The fourth-order valence-corrected chi connectivity index (χ4v) is 3.23. The average Bonchev–Trinajstić information content (AvgIpc) is 2.08. The molecular formula is C8H3Br2F5OS. The molecular weight excluding hydrogens is 399 g/mol. The molecule has 0 unspecified atom stereocenters. The van der Waals surface area contributed by atoms with Crippen molar-refractivity contribution in [2.24, 2.45) is 0 Å². The van der Waals surface area contributed by atoms with Crippen LogP contribution in [0.4, 0.5) is 22.0 Å². The summed E-state index contributed by atoms with van der Waals surface area (Å²) in [6.07, 6.45) is 0. The molecule has 0 fully saturated rings. The minimum absolute atomic E-state index is 0.0129. The van der Waals surface area contributed by atoms with Gasteiger partial charge in [-0.1, -0.05) is 0 Å². The Morgan fingerprint density at radius 3 is 1.94 bits per heavy atom. The summed E-state index contributed by atoms with van der Waals surface area (Å²) in [6.45, 7) is -3.05. The Morgan fingerprint density at radius 1 is 1.12 bits per heavy atom. The first-order valence-electron chi connectivity index (χ1n) is 3.88. The van der Waals surface area contributed by atoms with E-state index in [1.54, 1.807) is 0 Å². The molecule has 1 aromatic carbocycles. The Morgan fingerprint density at radius 2 is 1.59 bits per heavy atom. The first-order chi connectivity index (χ1) is 7.69. The largest absolute Gasteiger partial charge is 0.446 e. The van der Waals surface area contributed by atoms with Crippen molar-refractivity contribution in [2.75, 3.05) is 0 Å². The van der Waals surface area contributed by atoms with E-state index in [1.165, 1.54) is 0 Å². The van der Waals surface area contributed by atoms with Gasteiger partial charge >= 0.3 is 12.1 Å². The maximum atomic E-state index is 12.1. The summed E-state index contributed by atoms with van der Waals surface area (Å²) >= 11 is 5.38. The smallest absolute Gasteiger partial charge is 0.432 e. The van der Waals surface area contributed by atoms with Crippen LogP contribution in [-0.4, -0.2) is 12.1 Å². The maximum Gasteiger partial charge on any atom is 0.446 e. The van der Waals surface area contributed by atoms with Gasteiger partial charge in [-0.25, -0.2) is 0 Å². The van der Waals surface area contributed by atoms with Crippen LogP contribution in [0.15, 0.2) is 26.0 Å². The predicted molar refractivity (Wildman–Crippen MR) is 60.4 cm³/mol. The van der Waals surface area contributed by atoms with Gasteiger partial charge in [0, 0.05) is 4.90 Å². The lowest BCUT2D eigenvalue weighted by Crippen LogP contribution is -2.04. The van der Waals surface area contributed by atoms with Crippen LogP contribution >= 0.6 is 43.6 Å². The Labute approximate surface area is 114 Å². The fraction of sp³-hybridized carbons (Fsp3) is 0.250. The van der Waals surface area contributed by atoms with Crippen molar-refractivity contribution < 1.29 is 26.7 Å². The molecule has 0 saturated carbocycles. The molecule has 0 atom stereocenters. The standard InChI is InChI=1S/C8H3Br2F5OS/c9-4-1-3(17-8(13,14)15)2-5(10)6(4)16-7(11)12/h1-2,7H. The summed E-state index contributed by atoms with van der Waals surface area (Å²) < 4.78 is 64.5. The van der Waals surface area contributed by atoms with E-state index in [9.17, 15) is 22.0 Å². The van der Waals surface area contributed by atoms with Crippen LogP contribution < -0.4 is 4.74 Å². The van der Waals surface area contributed by atoms with Crippen LogP contribution in [0.1, 0.15) is 0 Å². The molecule has 1 rings (SSSR count). The highest BCUT2D eigenvalue weighted by molar-refractivity contribution is 9.11. The molecule has 0 radical (unpaired) electrons. The molecule has 0 aliphatic rings. The minimum Gasteiger partial charge on any atom is -0.432 e. The van der Waals surface area contributed by atoms with Gasteiger partial charge in [0.15, 0.2) is 5.75 Å². The number of benzene rings is 1. The number of ether oxygens (including phenoxy) is 1. The summed E-state index contributed by atoms with van der Waals surface area (Å²) in [4.78, 5) is -0.141. The van der Waals surface area contributed by atoms with Crippen LogP contribution in [0.25, 0.3) is 0 Å². The van der Waals surface area contributed by atoms with Crippen LogP contribution in [0.5, 0.6) is 5.75 Å². The van der Waals surface area contributed by atoms with Gasteiger partial charge in [0.25, 0.3) is 0 Å². The molecule has 0 heterocycles. The van der Waals surface area contributed by atoms with Crippen LogP contribution in [0.3, 0.4) is 0 Å². The molecule has 0 N–H and O–H groups in total. The first-order valence-corrected chi connectivity index (χ1v) is 6.29. The Balaban J connectivity index is 3.01. The van der Waals surface area contributed by atoms with E-state index in [0.29, 0.717) is 0 Å². The summed E-state index contributed by atoms with van der Waals surface area (Å²) in [5.41, 5.74) is -4.44. The topological polar surface area (TPSA) is 9.23 Å². The lowest BCUT2D eigenvalue weighted by Gasteiger charge is -2.12. The normalized spacial score (nSPS) is 12.0. The lowest BCUT2D eigenvalue weighted by molar-refractivity contribution is -0.0510. The van der Waals surface area contributed by atoms with Crippen molar-refractivity contribution in [3.8, 4) is 5.75 Å². The van der Waals surface area contributed by atoms with E-state index >= 15 is 0 Å². The zero-order valence-electron chi connectivity index (χ0n) is 7.69. The van der Waals surface area contributed by atoms with Gasteiger partial charge in [-0.2, -0.15) is 22.0 Å². The van der Waals surface area contributed by atoms with E-state index < -0.39 is 12.1 Å². The molecule has 9 heteroatoms. The summed E-state index contributed by atoms with van der Waals surface area (Å²) in [6, 6.07) is 2.11. The van der Waals surface area contributed by atoms with Crippen molar-refractivity contribution in [2.45, 2.75) is 17.0 Å². The quantitative estimate of drug-likeness (QED) is 0.493. The Kier molecular flexibility index (Phi) is 5.08. The SMILES string of the molecule is FC(F)Oc1c(Br)cc(SC(F)(F)F)cc1Br. The second-order valence-corrected chi connectivity index (χ2v) is 5.49. The van der Waals surface area contributed by atoms with Gasteiger partial charge in [0.1, 0.15) is 0 Å². The molecule has 0 saturated heterocycles. The fourth-order valence-electron chi connectivity index (χ4n) is 0.931. The van der Waals surface area contributed by atoms with E-state index in [0.717, 1.165) is 12.1 Å². The number of halogens is 7. The lowest BCUT2D eigenvalue weighted by atomic mass is 10.3. The third-order valence-corrected chi connectivity index (χ3v) is 3.29. The second kappa shape index (κ2) is 5.75. The zero-order valence-corrected chi connectivity index (χ0v) is 11.7. The number of hydrogen-bond acceptors (Lipinski definition) is 2. The molecule has 0 amide bonds. The van der Waals surface area contributed by atoms with E-state index in [1.807, 2.05) is 0 Å². The molecule has 0 aromatic heterocycles. The summed E-state index contributed by atoms with van der Waals surface area (Å²) in [7, 11) is 0. The van der Waals surface area contributed by atoms with Crippen LogP contribution in [0.2, 0.25) is 0 Å². The molecule has 0 aliphatic heterocycles. The van der Waals surface area contributed by atoms with Crippen molar-refractivity contribution >= 4 is 43.6 Å². The van der Waals surface area contributed by atoms with Gasteiger partial charge in [-0.15, -0.1) is 0 Å². The molecule has 1 aromatic rings. The molecule has 17 heavy (non-hydrogen) atoms. The highest BCUT2D eigenvalue weighted by atomic mass is 79.9. The average molecular weight is 402 g/mol.